The number of benzene rings is 2. The number of carbonyl (C=O) groups excluding carboxylic acids is 1. The van der Waals surface area contributed by atoms with Gasteiger partial charge < -0.3 is 14.5 Å². The van der Waals surface area contributed by atoms with E-state index >= 15 is 0 Å². The first-order valence-electron chi connectivity index (χ1n) is 9.45. The van der Waals surface area contributed by atoms with Crippen LogP contribution in [0.4, 0.5) is 11.4 Å². The predicted molar refractivity (Wildman–Crippen MR) is 111 cm³/mol. The SMILES string of the molecule is COc1ccc(N(Cc2ccc(N(C)C)cc2)C(=O)[C@H]2CC=CCC2)cc1. The molecule has 4 heteroatoms. The van der Waals surface area contributed by atoms with Gasteiger partial charge in [-0.15, -0.1) is 0 Å². The molecule has 0 saturated carbocycles. The van der Waals surface area contributed by atoms with Crippen LogP contribution in [0, 0.1) is 5.92 Å². The summed E-state index contributed by atoms with van der Waals surface area (Å²) in [6.07, 6.45) is 7.02. The van der Waals surface area contributed by atoms with Gasteiger partial charge in [0.1, 0.15) is 5.75 Å². The molecule has 0 N–H and O–H groups in total. The van der Waals surface area contributed by atoms with Gasteiger partial charge in [0.25, 0.3) is 0 Å². The Morgan fingerprint density at radius 3 is 2.22 bits per heavy atom. The van der Waals surface area contributed by atoms with E-state index in [1.165, 1.54) is 0 Å². The van der Waals surface area contributed by atoms with Gasteiger partial charge in [-0.25, -0.2) is 0 Å². The molecule has 2 aromatic carbocycles. The highest BCUT2D eigenvalue weighted by atomic mass is 16.5. The summed E-state index contributed by atoms with van der Waals surface area (Å²) in [6, 6.07) is 16.1. The van der Waals surface area contributed by atoms with E-state index in [9.17, 15) is 4.79 Å². The van der Waals surface area contributed by atoms with Crippen LogP contribution in [0.15, 0.2) is 60.7 Å². The van der Waals surface area contributed by atoms with Crippen molar-refractivity contribution >= 4 is 17.3 Å². The topological polar surface area (TPSA) is 32.8 Å². The number of allylic oxidation sites excluding steroid dienone is 2. The number of rotatable bonds is 6. The maximum atomic E-state index is 13.3. The molecule has 4 nitrogen and oxygen atoms in total. The number of nitrogens with zero attached hydrogens (tertiary/aromatic N) is 2. The van der Waals surface area contributed by atoms with Crippen molar-refractivity contribution in [3.63, 3.8) is 0 Å². The third-order valence-corrected chi connectivity index (χ3v) is 5.06. The fourth-order valence-corrected chi connectivity index (χ4v) is 3.38. The first-order valence-corrected chi connectivity index (χ1v) is 9.45. The quantitative estimate of drug-likeness (QED) is 0.700. The van der Waals surface area contributed by atoms with Crippen molar-refractivity contribution in [1.29, 1.82) is 0 Å². The van der Waals surface area contributed by atoms with E-state index in [0.717, 1.165) is 42.0 Å². The van der Waals surface area contributed by atoms with E-state index in [-0.39, 0.29) is 11.8 Å². The van der Waals surface area contributed by atoms with Crippen molar-refractivity contribution in [3.05, 3.63) is 66.2 Å². The zero-order chi connectivity index (χ0) is 19.2. The van der Waals surface area contributed by atoms with Crippen LogP contribution in [0.5, 0.6) is 5.75 Å². The summed E-state index contributed by atoms with van der Waals surface area (Å²) in [5.41, 5.74) is 3.18. The second-order valence-corrected chi connectivity index (χ2v) is 7.16. The highest BCUT2D eigenvalue weighted by Gasteiger charge is 2.25. The van der Waals surface area contributed by atoms with Crippen LogP contribution in [0.2, 0.25) is 0 Å². The molecule has 0 aromatic heterocycles. The minimum Gasteiger partial charge on any atom is -0.497 e. The number of methoxy groups -OCH3 is 1. The Bertz CT molecular complexity index is 779. The van der Waals surface area contributed by atoms with Gasteiger partial charge in [-0.1, -0.05) is 24.3 Å². The number of hydrogen-bond donors (Lipinski definition) is 0. The largest absolute Gasteiger partial charge is 0.497 e. The van der Waals surface area contributed by atoms with E-state index < -0.39 is 0 Å². The third-order valence-electron chi connectivity index (χ3n) is 5.06. The van der Waals surface area contributed by atoms with Gasteiger partial charge in [-0.3, -0.25) is 4.79 Å². The minimum atomic E-state index is 0.0538. The molecule has 0 heterocycles. The lowest BCUT2D eigenvalue weighted by atomic mass is 9.92. The van der Waals surface area contributed by atoms with Gasteiger partial charge in [0.2, 0.25) is 5.91 Å². The second kappa shape index (κ2) is 8.76. The summed E-state index contributed by atoms with van der Waals surface area (Å²) < 4.78 is 5.26. The highest BCUT2D eigenvalue weighted by Crippen LogP contribution is 2.27. The molecule has 0 spiro atoms. The van der Waals surface area contributed by atoms with Gasteiger partial charge in [0, 0.05) is 31.4 Å². The Balaban J connectivity index is 1.86. The van der Waals surface area contributed by atoms with Crippen LogP contribution < -0.4 is 14.5 Å². The van der Waals surface area contributed by atoms with Gasteiger partial charge in [-0.2, -0.15) is 0 Å². The van der Waals surface area contributed by atoms with E-state index in [1.54, 1.807) is 7.11 Å². The van der Waals surface area contributed by atoms with Crippen molar-refractivity contribution in [2.75, 3.05) is 31.0 Å². The lowest BCUT2D eigenvalue weighted by Crippen LogP contribution is -2.36. The van der Waals surface area contributed by atoms with Crippen LogP contribution >= 0.6 is 0 Å². The van der Waals surface area contributed by atoms with Crippen molar-refractivity contribution in [2.45, 2.75) is 25.8 Å². The lowest BCUT2D eigenvalue weighted by molar-refractivity contribution is -0.122. The van der Waals surface area contributed by atoms with E-state index in [4.69, 9.17) is 4.74 Å². The normalized spacial score (nSPS) is 16.0. The fraction of sp³-hybridized carbons (Fsp3) is 0.348. The smallest absolute Gasteiger partial charge is 0.230 e. The summed E-state index contributed by atoms with van der Waals surface area (Å²) >= 11 is 0. The summed E-state index contributed by atoms with van der Waals surface area (Å²) in [7, 11) is 5.70. The maximum absolute atomic E-state index is 13.3. The number of amides is 1. The third kappa shape index (κ3) is 4.70. The molecule has 0 radical (unpaired) electrons. The molecule has 3 rings (SSSR count). The molecule has 0 fully saturated rings. The van der Waals surface area contributed by atoms with Crippen LogP contribution in [0.25, 0.3) is 0 Å². The summed E-state index contributed by atoms with van der Waals surface area (Å²) in [5, 5.41) is 0. The van der Waals surface area contributed by atoms with Gasteiger partial charge in [-0.05, 0) is 61.2 Å². The molecule has 142 valence electrons. The molecular formula is C23H28N2O2. The zero-order valence-electron chi connectivity index (χ0n) is 16.4. The average Bonchev–Trinajstić information content (AvgIpc) is 2.72. The molecule has 0 saturated heterocycles. The Labute approximate surface area is 162 Å². The Morgan fingerprint density at radius 2 is 1.67 bits per heavy atom. The van der Waals surface area contributed by atoms with E-state index in [2.05, 4.69) is 41.3 Å². The Kier molecular flexibility index (Phi) is 6.17. The lowest BCUT2D eigenvalue weighted by Gasteiger charge is -2.28. The molecular weight excluding hydrogens is 336 g/mol. The number of ether oxygens (including phenoxy) is 1. The predicted octanol–water partition coefficient (Wildman–Crippen LogP) is 4.65. The minimum absolute atomic E-state index is 0.0538. The molecule has 0 unspecified atom stereocenters. The van der Waals surface area contributed by atoms with Crippen molar-refractivity contribution < 1.29 is 9.53 Å². The zero-order valence-corrected chi connectivity index (χ0v) is 16.4. The van der Waals surface area contributed by atoms with Crippen molar-refractivity contribution in [1.82, 2.24) is 0 Å². The molecule has 1 aliphatic carbocycles. The summed E-state index contributed by atoms with van der Waals surface area (Å²) in [5.74, 6) is 1.04. The average molecular weight is 364 g/mol. The molecule has 27 heavy (non-hydrogen) atoms. The van der Waals surface area contributed by atoms with Gasteiger partial charge in [0.05, 0.1) is 13.7 Å². The van der Waals surface area contributed by atoms with E-state index in [1.807, 2.05) is 43.3 Å². The molecule has 0 bridgehead atoms. The maximum Gasteiger partial charge on any atom is 0.230 e. The Morgan fingerprint density at radius 1 is 1.00 bits per heavy atom. The first kappa shape index (κ1) is 19.0. The van der Waals surface area contributed by atoms with Crippen LogP contribution in [0.1, 0.15) is 24.8 Å². The summed E-state index contributed by atoms with van der Waals surface area (Å²) in [4.78, 5) is 17.3. The number of carbonyl (C=O) groups is 1. The first-order chi connectivity index (χ1) is 13.1. The number of hydrogen-bond acceptors (Lipinski definition) is 3. The highest BCUT2D eigenvalue weighted by molar-refractivity contribution is 5.95. The number of anilines is 2. The Hall–Kier alpha value is -2.75. The molecule has 1 atom stereocenters. The van der Waals surface area contributed by atoms with Crippen LogP contribution in [-0.4, -0.2) is 27.1 Å². The van der Waals surface area contributed by atoms with Gasteiger partial charge in [0.15, 0.2) is 0 Å². The van der Waals surface area contributed by atoms with Crippen LogP contribution in [0.3, 0.4) is 0 Å². The standard InChI is InChI=1S/C23H28N2O2/c1-24(2)20-11-9-18(10-12-20)17-25(21-13-15-22(27-3)16-14-21)23(26)19-7-5-4-6-8-19/h4-5,9-16,19H,6-8,17H2,1-3H3/t19-/m0/s1. The van der Waals surface area contributed by atoms with Gasteiger partial charge >= 0.3 is 0 Å². The fourth-order valence-electron chi connectivity index (χ4n) is 3.38. The molecule has 0 aliphatic heterocycles. The monoisotopic (exact) mass is 364 g/mol. The van der Waals surface area contributed by atoms with Crippen LogP contribution in [-0.2, 0) is 11.3 Å². The van der Waals surface area contributed by atoms with E-state index in [0.29, 0.717) is 6.54 Å². The van der Waals surface area contributed by atoms with Crippen molar-refractivity contribution in [3.8, 4) is 5.75 Å². The second-order valence-electron chi connectivity index (χ2n) is 7.16. The molecule has 1 aliphatic rings. The summed E-state index contributed by atoms with van der Waals surface area (Å²) in [6.45, 7) is 0.569. The molecule has 1 amide bonds. The molecule has 2 aromatic rings. The van der Waals surface area contributed by atoms with Crippen molar-refractivity contribution in [2.24, 2.45) is 5.92 Å².